The van der Waals surface area contributed by atoms with E-state index in [1.165, 1.54) is 12.4 Å². The van der Waals surface area contributed by atoms with E-state index < -0.39 is 23.8 Å². The maximum atomic E-state index is 14.2. The molecule has 0 aliphatic heterocycles. The minimum atomic E-state index is -1.02. The summed E-state index contributed by atoms with van der Waals surface area (Å²) >= 11 is 9.19. The zero-order valence-electron chi connectivity index (χ0n) is 25.5. The van der Waals surface area contributed by atoms with E-state index in [2.05, 4.69) is 25.9 Å². The van der Waals surface area contributed by atoms with Crippen LogP contribution in [0.5, 0.6) is 0 Å². The number of hydrogen-bond donors (Lipinski definition) is 2. The van der Waals surface area contributed by atoms with Gasteiger partial charge in [-0.25, -0.2) is 8.78 Å². The lowest BCUT2D eigenvalue weighted by atomic mass is 9.96. The van der Waals surface area contributed by atoms with Crippen molar-refractivity contribution in [3.63, 3.8) is 0 Å². The number of aldehydes is 1. The summed E-state index contributed by atoms with van der Waals surface area (Å²) < 4.78 is 43.1. The number of nitrogens with zero attached hydrogens (tertiary/aromatic N) is 3. The third kappa shape index (κ3) is 14.4. The Morgan fingerprint density at radius 2 is 1.44 bits per heavy atom. The van der Waals surface area contributed by atoms with Crippen molar-refractivity contribution in [3.8, 4) is 17.2 Å². The van der Waals surface area contributed by atoms with Crippen LogP contribution in [0.3, 0.4) is 0 Å². The van der Waals surface area contributed by atoms with Gasteiger partial charge in [-0.15, -0.1) is 0 Å². The normalized spacial score (nSPS) is 11.7. The first-order valence-corrected chi connectivity index (χ1v) is 15.5. The fourth-order valence-corrected chi connectivity index (χ4v) is 4.56. The fourth-order valence-electron chi connectivity index (χ4n) is 3.77. The molecule has 0 radical (unpaired) electrons. The van der Waals surface area contributed by atoms with Gasteiger partial charge < -0.3 is 29.2 Å². The minimum Gasteiger partial charge on any atom is -0.388 e. The SMILES string of the molecule is CCOCCC(O)c1c(F)cncc1-c1ccc(C#N)c(Cl)c1.CCOCCC(O)c1c(F)cncc1Br.CCOCCC=O. The van der Waals surface area contributed by atoms with Crippen LogP contribution in [-0.4, -0.2) is 66.1 Å². The van der Waals surface area contributed by atoms with Gasteiger partial charge in [0.25, 0.3) is 0 Å². The van der Waals surface area contributed by atoms with Gasteiger partial charge in [0, 0.05) is 85.9 Å². The molecule has 0 fully saturated rings. The molecule has 0 saturated carbocycles. The molecular weight excluding hydrogens is 676 g/mol. The molecule has 13 heteroatoms. The summed E-state index contributed by atoms with van der Waals surface area (Å²) in [6.07, 6.45) is 5.21. The molecule has 2 heterocycles. The van der Waals surface area contributed by atoms with Gasteiger partial charge >= 0.3 is 0 Å². The molecule has 0 amide bonds. The standard InChI is InChI=1S/C17H16ClFN2O2.C10H13BrFNO2.C5H10O2/c1-2-23-6-5-16(22)17-13(9-21-10-15(17)19)11-3-4-12(8-20)14(18)7-11;1-2-15-4-3-9(14)10-7(11)5-13-6-8(10)12;1-2-7-5-3-4-6/h3-4,7,9-10,16,22H,2,5-6H2,1H3;5-6,9,14H,2-4H2,1H3;4H,2-3,5H2,1H3. The Bertz CT molecular complexity index is 1330. The first kappa shape index (κ1) is 40.1. The fraction of sp³-hybridized carbons (Fsp3) is 0.438. The van der Waals surface area contributed by atoms with Gasteiger partial charge in [-0.05, 0) is 54.4 Å². The average Bonchev–Trinajstić information content (AvgIpc) is 3.02. The van der Waals surface area contributed by atoms with Crippen LogP contribution in [0.1, 0.15) is 68.9 Å². The highest BCUT2D eigenvalue weighted by atomic mass is 79.9. The van der Waals surface area contributed by atoms with Gasteiger partial charge in [0.1, 0.15) is 24.0 Å². The number of halogens is 4. The van der Waals surface area contributed by atoms with Crippen molar-refractivity contribution in [1.82, 2.24) is 9.97 Å². The van der Waals surface area contributed by atoms with Gasteiger partial charge in [0.2, 0.25) is 0 Å². The van der Waals surface area contributed by atoms with Crippen molar-refractivity contribution < 1.29 is 38.0 Å². The number of nitriles is 1. The highest BCUT2D eigenvalue weighted by molar-refractivity contribution is 9.10. The summed E-state index contributed by atoms with van der Waals surface area (Å²) in [5.41, 5.74) is 1.76. The van der Waals surface area contributed by atoms with Crippen molar-refractivity contribution in [2.24, 2.45) is 0 Å². The molecular formula is C32H39BrClF2N3O6. The molecule has 9 nitrogen and oxygen atoms in total. The molecule has 2 N–H and O–H groups in total. The molecule has 2 atom stereocenters. The van der Waals surface area contributed by atoms with Crippen LogP contribution in [0.15, 0.2) is 47.5 Å². The van der Waals surface area contributed by atoms with E-state index >= 15 is 0 Å². The lowest BCUT2D eigenvalue weighted by Crippen LogP contribution is -2.08. The zero-order valence-corrected chi connectivity index (χ0v) is 27.9. The molecule has 246 valence electrons. The smallest absolute Gasteiger partial charge is 0.148 e. The van der Waals surface area contributed by atoms with Crippen LogP contribution in [0, 0.1) is 23.0 Å². The van der Waals surface area contributed by atoms with Crippen molar-refractivity contribution in [3.05, 3.63) is 80.8 Å². The van der Waals surface area contributed by atoms with E-state index in [1.807, 2.05) is 26.8 Å². The van der Waals surface area contributed by atoms with E-state index in [9.17, 15) is 23.8 Å². The summed E-state index contributed by atoms with van der Waals surface area (Å²) in [4.78, 5) is 17.1. The number of carbonyl (C=O) groups is 1. The highest BCUT2D eigenvalue weighted by Gasteiger charge is 2.20. The first-order chi connectivity index (χ1) is 21.7. The van der Waals surface area contributed by atoms with Crippen molar-refractivity contribution in [1.29, 1.82) is 5.26 Å². The lowest BCUT2D eigenvalue weighted by molar-refractivity contribution is -0.108. The molecule has 0 bridgehead atoms. The highest BCUT2D eigenvalue weighted by Crippen LogP contribution is 2.33. The third-order valence-corrected chi connectivity index (χ3v) is 6.90. The molecule has 0 saturated heterocycles. The Labute approximate surface area is 276 Å². The number of hydrogen-bond acceptors (Lipinski definition) is 9. The molecule has 1 aromatic carbocycles. The van der Waals surface area contributed by atoms with Crippen LogP contribution in [-0.2, 0) is 19.0 Å². The number of aliphatic hydroxyl groups excluding tert-OH is 2. The third-order valence-electron chi connectivity index (χ3n) is 5.96. The van der Waals surface area contributed by atoms with Crippen molar-refractivity contribution >= 4 is 33.8 Å². The van der Waals surface area contributed by atoms with E-state index in [0.29, 0.717) is 73.6 Å². The molecule has 0 aliphatic carbocycles. The molecule has 2 unspecified atom stereocenters. The molecule has 3 rings (SSSR count). The second-order valence-corrected chi connectivity index (χ2v) is 10.3. The summed E-state index contributed by atoms with van der Waals surface area (Å²) in [5.74, 6) is -1.10. The summed E-state index contributed by atoms with van der Waals surface area (Å²) in [6.45, 7) is 8.76. The van der Waals surface area contributed by atoms with Crippen LogP contribution in [0.2, 0.25) is 5.02 Å². The Balaban J connectivity index is 0.000000393. The predicted molar refractivity (Wildman–Crippen MR) is 171 cm³/mol. The number of ether oxygens (including phenoxy) is 3. The summed E-state index contributed by atoms with van der Waals surface area (Å²) in [6, 6.07) is 6.74. The maximum Gasteiger partial charge on any atom is 0.148 e. The van der Waals surface area contributed by atoms with Crippen LogP contribution in [0.25, 0.3) is 11.1 Å². The maximum absolute atomic E-state index is 14.2. The van der Waals surface area contributed by atoms with E-state index in [4.69, 9.17) is 31.1 Å². The second kappa shape index (κ2) is 23.4. The number of aliphatic hydroxyl groups is 2. The number of pyridine rings is 2. The summed E-state index contributed by atoms with van der Waals surface area (Å²) in [5, 5.41) is 29.2. The van der Waals surface area contributed by atoms with Crippen LogP contribution < -0.4 is 0 Å². The van der Waals surface area contributed by atoms with Gasteiger partial charge in [0.15, 0.2) is 0 Å². The Morgan fingerprint density at radius 3 is 1.96 bits per heavy atom. The van der Waals surface area contributed by atoms with Gasteiger partial charge in [-0.3, -0.25) is 9.97 Å². The number of rotatable bonds is 15. The molecule has 0 aliphatic rings. The van der Waals surface area contributed by atoms with Crippen molar-refractivity contribution in [2.75, 3.05) is 39.6 Å². The van der Waals surface area contributed by atoms with Crippen LogP contribution in [0.4, 0.5) is 8.78 Å². The Kier molecular flexibility index (Phi) is 20.9. The number of aromatic nitrogens is 2. The summed E-state index contributed by atoms with van der Waals surface area (Å²) in [7, 11) is 0. The zero-order chi connectivity index (χ0) is 33.6. The number of benzene rings is 1. The minimum absolute atomic E-state index is 0.153. The second-order valence-electron chi connectivity index (χ2n) is 9.06. The van der Waals surface area contributed by atoms with Crippen LogP contribution >= 0.6 is 27.5 Å². The Hall–Kier alpha value is -2.89. The van der Waals surface area contributed by atoms with E-state index in [0.717, 1.165) is 18.7 Å². The molecule has 45 heavy (non-hydrogen) atoms. The van der Waals surface area contributed by atoms with Gasteiger partial charge in [-0.1, -0.05) is 17.7 Å². The quantitative estimate of drug-likeness (QED) is 0.127. The first-order valence-electron chi connectivity index (χ1n) is 14.3. The van der Waals surface area contributed by atoms with E-state index in [1.54, 1.807) is 18.2 Å². The van der Waals surface area contributed by atoms with Crippen molar-refractivity contribution in [2.45, 2.75) is 52.2 Å². The van der Waals surface area contributed by atoms with Gasteiger partial charge in [0.05, 0.1) is 41.8 Å². The van der Waals surface area contributed by atoms with Gasteiger partial charge in [-0.2, -0.15) is 5.26 Å². The largest absolute Gasteiger partial charge is 0.388 e. The molecule has 2 aromatic heterocycles. The van der Waals surface area contributed by atoms with E-state index in [-0.39, 0.29) is 22.6 Å². The predicted octanol–water partition coefficient (Wildman–Crippen LogP) is 6.93. The number of carbonyl (C=O) groups excluding carboxylic acids is 1. The monoisotopic (exact) mass is 713 g/mol. The lowest BCUT2D eigenvalue weighted by Gasteiger charge is -2.16. The Morgan fingerprint density at radius 1 is 0.911 bits per heavy atom. The molecule has 3 aromatic rings. The average molecular weight is 715 g/mol. The topological polar surface area (TPSA) is 135 Å². The molecule has 0 spiro atoms.